The summed E-state index contributed by atoms with van der Waals surface area (Å²) in [7, 11) is 2.03. The van der Waals surface area contributed by atoms with Crippen LogP contribution >= 0.6 is 0 Å². The lowest BCUT2D eigenvalue weighted by Gasteiger charge is -2.42. The van der Waals surface area contributed by atoms with Gasteiger partial charge in [-0.25, -0.2) is 0 Å². The molecule has 0 saturated carbocycles. The molecule has 0 N–H and O–H groups in total. The van der Waals surface area contributed by atoms with Crippen LogP contribution in [-0.2, 0) is 9.47 Å². The van der Waals surface area contributed by atoms with E-state index in [-0.39, 0.29) is 17.6 Å². The number of hydrogen-bond acceptors (Lipinski definition) is 3. The smallest absolute Gasteiger partial charge is 0.117 e. The first-order valence-electron chi connectivity index (χ1n) is 6.91. The Morgan fingerprint density at radius 1 is 1.22 bits per heavy atom. The lowest BCUT2D eigenvalue weighted by Crippen LogP contribution is -2.51. The highest BCUT2D eigenvalue weighted by Crippen LogP contribution is 2.24. The Bertz CT molecular complexity index is 263. The topological polar surface area (TPSA) is 21.7 Å². The third kappa shape index (κ3) is 5.09. The maximum absolute atomic E-state index is 6.18. The number of rotatable bonds is 8. The average molecular weight is 257 g/mol. The summed E-state index contributed by atoms with van der Waals surface area (Å²) in [6.45, 7) is 15.2. The molecule has 2 atom stereocenters. The molecule has 0 saturated heterocycles. The summed E-state index contributed by atoms with van der Waals surface area (Å²) in [6.07, 6.45) is 5.10. The molecule has 18 heavy (non-hydrogen) atoms. The monoisotopic (exact) mass is 257 g/mol. The third-order valence-electron chi connectivity index (χ3n) is 3.55. The summed E-state index contributed by atoms with van der Waals surface area (Å²) in [4.78, 5) is 2.12. The number of nitrogens with zero attached hydrogens (tertiary/aromatic N) is 1. The molecular weight excluding hydrogens is 226 g/mol. The maximum Gasteiger partial charge on any atom is 0.117 e. The number of allylic oxidation sites excluding steroid dienone is 1. The highest BCUT2D eigenvalue weighted by Gasteiger charge is 2.31. The molecule has 0 bridgehead atoms. The summed E-state index contributed by atoms with van der Waals surface area (Å²) in [6, 6.07) is 0. The van der Waals surface area contributed by atoms with E-state index in [2.05, 4.69) is 45.6 Å². The van der Waals surface area contributed by atoms with Gasteiger partial charge in [0.05, 0.1) is 5.60 Å². The van der Waals surface area contributed by atoms with E-state index in [1.807, 2.05) is 27.0 Å². The molecule has 0 aromatic carbocycles. The van der Waals surface area contributed by atoms with E-state index >= 15 is 0 Å². The Kier molecular flexibility index (Phi) is 7.11. The Morgan fingerprint density at radius 3 is 2.17 bits per heavy atom. The van der Waals surface area contributed by atoms with Gasteiger partial charge in [-0.2, -0.15) is 0 Å². The van der Waals surface area contributed by atoms with Crippen LogP contribution in [0.5, 0.6) is 0 Å². The van der Waals surface area contributed by atoms with Crippen LogP contribution in [0.3, 0.4) is 0 Å². The van der Waals surface area contributed by atoms with Crippen molar-refractivity contribution in [2.75, 3.05) is 13.7 Å². The standard InChI is InChI=1S/C15H31NO2/c1-9-12-15(7,10-2)18-13(4)16(8)14(5,6)17-11-3/h9,12-13H,10-11H2,1-8H3. The third-order valence-corrected chi connectivity index (χ3v) is 3.55. The van der Waals surface area contributed by atoms with Crippen molar-refractivity contribution in [3.63, 3.8) is 0 Å². The van der Waals surface area contributed by atoms with Crippen LogP contribution in [0, 0.1) is 0 Å². The van der Waals surface area contributed by atoms with Crippen molar-refractivity contribution >= 4 is 0 Å². The molecule has 0 amide bonds. The molecule has 0 aliphatic heterocycles. The van der Waals surface area contributed by atoms with E-state index in [1.54, 1.807) is 0 Å². The van der Waals surface area contributed by atoms with Gasteiger partial charge in [0.25, 0.3) is 0 Å². The van der Waals surface area contributed by atoms with Gasteiger partial charge < -0.3 is 9.47 Å². The second-order valence-electron chi connectivity index (χ2n) is 5.37. The fourth-order valence-corrected chi connectivity index (χ4v) is 1.95. The van der Waals surface area contributed by atoms with Gasteiger partial charge in [-0.15, -0.1) is 0 Å². The zero-order valence-electron chi connectivity index (χ0n) is 13.4. The Morgan fingerprint density at radius 2 is 1.78 bits per heavy atom. The Labute approximate surface area is 113 Å². The van der Waals surface area contributed by atoms with Gasteiger partial charge in [0.1, 0.15) is 12.0 Å². The summed E-state index contributed by atoms with van der Waals surface area (Å²) in [5.41, 5.74) is -0.538. The van der Waals surface area contributed by atoms with E-state index in [9.17, 15) is 0 Å². The maximum atomic E-state index is 6.18. The number of hydrogen-bond donors (Lipinski definition) is 0. The van der Waals surface area contributed by atoms with E-state index in [0.29, 0.717) is 6.61 Å². The van der Waals surface area contributed by atoms with Crippen molar-refractivity contribution in [1.29, 1.82) is 0 Å². The van der Waals surface area contributed by atoms with Gasteiger partial charge in [-0.05, 0) is 55.0 Å². The molecule has 0 radical (unpaired) electrons. The van der Waals surface area contributed by atoms with Crippen LogP contribution < -0.4 is 0 Å². The minimum absolute atomic E-state index is 0.00676. The van der Waals surface area contributed by atoms with Gasteiger partial charge in [-0.1, -0.05) is 19.1 Å². The molecule has 0 spiro atoms. The summed E-state index contributed by atoms with van der Waals surface area (Å²) < 4.78 is 11.9. The minimum atomic E-state index is -0.321. The van der Waals surface area contributed by atoms with Gasteiger partial charge in [0.2, 0.25) is 0 Å². The predicted molar refractivity (Wildman–Crippen MR) is 77.5 cm³/mol. The molecule has 108 valence electrons. The zero-order valence-corrected chi connectivity index (χ0v) is 13.4. The van der Waals surface area contributed by atoms with Crippen molar-refractivity contribution < 1.29 is 9.47 Å². The fourth-order valence-electron chi connectivity index (χ4n) is 1.95. The predicted octanol–water partition coefficient (Wildman–Crippen LogP) is 3.80. The Balaban J connectivity index is 4.70. The van der Waals surface area contributed by atoms with Gasteiger partial charge in [0.15, 0.2) is 0 Å². The van der Waals surface area contributed by atoms with Crippen LogP contribution in [-0.4, -0.2) is 36.1 Å². The summed E-state index contributed by atoms with van der Waals surface area (Å²) >= 11 is 0. The quantitative estimate of drug-likeness (QED) is 0.487. The lowest BCUT2D eigenvalue weighted by atomic mass is 10.0. The Hall–Kier alpha value is -0.380. The normalized spacial score (nSPS) is 18.3. The summed E-state index contributed by atoms with van der Waals surface area (Å²) in [5, 5.41) is 0. The fraction of sp³-hybridized carbons (Fsp3) is 0.867. The highest BCUT2D eigenvalue weighted by atomic mass is 16.5. The second-order valence-corrected chi connectivity index (χ2v) is 5.37. The minimum Gasteiger partial charge on any atom is -0.361 e. The molecular formula is C15H31NO2. The van der Waals surface area contributed by atoms with Crippen molar-refractivity contribution in [2.24, 2.45) is 0 Å². The van der Waals surface area contributed by atoms with Gasteiger partial charge in [-0.3, -0.25) is 4.90 Å². The molecule has 0 aromatic rings. The first-order chi connectivity index (χ1) is 8.22. The molecule has 0 aromatic heterocycles. The van der Waals surface area contributed by atoms with E-state index < -0.39 is 0 Å². The number of ether oxygens (including phenoxy) is 2. The first-order valence-corrected chi connectivity index (χ1v) is 6.91. The first kappa shape index (κ1) is 17.6. The molecule has 0 aliphatic rings. The van der Waals surface area contributed by atoms with Crippen LogP contribution in [0.4, 0.5) is 0 Å². The molecule has 2 unspecified atom stereocenters. The van der Waals surface area contributed by atoms with Gasteiger partial charge >= 0.3 is 0 Å². The SMILES string of the molecule is CC=CC(C)(CC)OC(C)N(C)C(C)(C)OCC. The van der Waals surface area contributed by atoms with Crippen LogP contribution in [0.25, 0.3) is 0 Å². The van der Waals surface area contributed by atoms with E-state index in [1.165, 1.54) is 0 Å². The largest absolute Gasteiger partial charge is 0.361 e. The zero-order chi connectivity index (χ0) is 14.4. The molecule has 0 aliphatic carbocycles. The van der Waals surface area contributed by atoms with Crippen molar-refractivity contribution in [3.05, 3.63) is 12.2 Å². The van der Waals surface area contributed by atoms with E-state index in [0.717, 1.165) is 6.42 Å². The molecule has 3 heteroatoms. The van der Waals surface area contributed by atoms with Crippen LogP contribution in [0.15, 0.2) is 12.2 Å². The van der Waals surface area contributed by atoms with Crippen LogP contribution in [0.2, 0.25) is 0 Å². The average Bonchev–Trinajstić information content (AvgIpc) is 2.28. The summed E-state index contributed by atoms with van der Waals surface area (Å²) in [5.74, 6) is 0. The van der Waals surface area contributed by atoms with Crippen molar-refractivity contribution in [2.45, 2.75) is 72.4 Å². The van der Waals surface area contributed by atoms with Crippen molar-refractivity contribution in [1.82, 2.24) is 4.90 Å². The molecule has 0 fully saturated rings. The van der Waals surface area contributed by atoms with Crippen LogP contribution in [0.1, 0.15) is 54.9 Å². The van der Waals surface area contributed by atoms with E-state index in [4.69, 9.17) is 9.47 Å². The highest BCUT2D eigenvalue weighted by molar-refractivity contribution is 4.97. The second kappa shape index (κ2) is 7.27. The van der Waals surface area contributed by atoms with Crippen molar-refractivity contribution in [3.8, 4) is 0 Å². The molecule has 0 rings (SSSR count). The van der Waals surface area contributed by atoms with Gasteiger partial charge in [0, 0.05) is 6.61 Å². The lowest BCUT2D eigenvalue weighted by molar-refractivity contribution is -0.207. The molecule has 0 heterocycles. The molecule has 3 nitrogen and oxygen atoms in total.